The maximum Gasteiger partial charge on any atom is 0.259 e. The van der Waals surface area contributed by atoms with Gasteiger partial charge in [-0.25, -0.2) is 4.98 Å². The van der Waals surface area contributed by atoms with Gasteiger partial charge >= 0.3 is 0 Å². The highest BCUT2D eigenvalue weighted by atomic mass is 35.5. The van der Waals surface area contributed by atoms with Gasteiger partial charge in [0.1, 0.15) is 0 Å². The zero-order valence-corrected chi connectivity index (χ0v) is 17.0. The maximum atomic E-state index is 13.0. The highest BCUT2D eigenvalue weighted by Crippen LogP contribution is 2.26. The van der Waals surface area contributed by atoms with Gasteiger partial charge in [-0.3, -0.25) is 14.2 Å². The standard InChI is InChI=1S/C19H20ClN7O2/c1-11(8-27-10-14(20)7-23-27)5-21-18(28)15-4-16(13-6-22-26(3)9-13)24-19-17(15)12(2)25-29-19/h4,6-7,9-11H,5,8H2,1-3H3,(H,21,28)/t11-/m0/s1. The zero-order chi connectivity index (χ0) is 20.5. The SMILES string of the molecule is Cc1noc2nc(-c3cnn(C)c3)cc(C(=O)NC[C@H](C)Cn3cc(Cl)cn3)c12. The molecule has 9 nitrogen and oxygen atoms in total. The van der Waals surface area contributed by atoms with Crippen LogP contribution in [0.25, 0.3) is 22.4 Å². The number of amides is 1. The molecule has 0 aliphatic rings. The molecule has 29 heavy (non-hydrogen) atoms. The molecule has 0 saturated carbocycles. The third-order valence-corrected chi connectivity index (χ3v) is 4.77. The summed E-state index contributed by atoms with van der Waals surface area (Å²) in [6, 6.07) is 1.75. The summed E-state index contributed by atoms with van der Waals surface area (Å²) in [5, 5.41) is 16.5. The molecule has 10 heteroatoms. The van der Waals surface area contributed by atoms with Crippen LogP contribution in [0.1, 0.15) is 23.0 Å². The predicted molar refractivity (Wildman–Crippen MR) is 107 cm³/mol. The van der Waals surface area contributed by atoms with Crippen LogP contribution in [0.15, 0.2) is 35.4 Å². The first-order chi connectivity index (χ1) is 13.9. The number of carbonyl (C=O) groups is 1. The van der Waals surface area contributed by atoms with Gasteiger partial charge in [0, 0.05) is 38.1 Å². The Balaban J connectivity index is 1.56. The van der Waals surface area contributed by atoms with E-state index < -0.39 is 0 Å². The van der Waals surface area contributed by atoms with Crippen LogP contribution in [0.5, 0.6) is 0 Å². The molecule has 4 aromatic heterocycles. The maximum absolute atomic E-state index is 13.0. The molecule has 0 bridgehead atoms. The highest BCUT2D eigenvalue weighted by Gasteiger charge is 2.20. The summed E-state index contributed by atoms with van der Waals surface area (Å²) in [7, 11) is 1.82. The number of fused-ring (bicyclic) bond motifs is 1. The van der Waals surface area contributed by atoms with Crippen molar-refractivity contribution in [2.45, 2.75) is 20.4 Å². The molecule has 1 atom stereocenters. The Morgan fingerprint density at radius 2 is 2.14 bits per heavy atom. The van der Waals surface area contributed by atoms with Gasteiger partial charge in [0.15, 0.2) is 0 Å². The summed E-state index contributed by atoms with van der Waals surface area (Å²) >= 11 is 5.90. The molecule has 0 spiro atoms. The summed E-state index contributed by atoms with van der Waals surface area (Å²) in [5.74, 6) is -0.0483. The summed E-state index contributed by atoms with van der Waals surface area (Å²) in [4.78, 5) is 17.5. The first-order valence-corrected chi connectivity index (χ1v) is 9.50. The fraction of sp³-hybridized carbons (Fsp3) is 0.316. The van der Waals surface area contributed by atoms with Gasteiger partial charge in [-0.15, -0.1) is 0 Å². The van der Waals surface area contributed by atoms with E-state index in [0.29, 0.717) is 46.2 Å². The normalized spacial score (nSPS) is 12.4. The first-order valence-electron chi connectivity index (χ1n) is 9.13. The molecule has 150 valence electrons. The van der Waals surface area contributed by atoms with E-state index in [1.54, 1.807) is 40.9 Å². The van der Waals surface area contributed by atoms with Crippen molar-refractivity contribution < 1.29 is 9.32 Å². The van der Waals surface area contributed by atoms with Gasteiger partial charge < -0.3 is 9.84 Å². The third kappa shape index (κ3) is 4.00. The largest absolute Gasteiger partial charge is 0.352 e. The second-order valence-corrected chi connectivity index (χ2v) is 7.54. The number of nitrogens with zero attached hydrogens (tertiary/aromatic N) is 6. The van der Waals surface area contributed by atoms with E-state index in [1.807, 2.05) is 20.2 Å². The van der Waals surface area contributed by atoms with E-state index in [4.69, 9.17) is 16.1 Å². The number of aromatic nitrogens is 6. The van der Waals surface area contributed by atoms with Crippen LogP contribution in [-0.4, -0.2) is 42.2 Å². The number of pyridine rings is 1. The fourth-order valence-electron chi connectivity index (χ4n) is 3.16. The molecule has 0 saturated heterocycles. The van der Waals surface area contributed by atoms with Crippen molar-refractivity contribution in [1.82, 2.24) is 35.0 Å². The van der Waals surface area contributed by atoms with Crippen LogP contribution in [0.3, 0.4) is 0 Å². The Morgan fingerprint density at radius 3 is 2.83 bits per heavy atom. The smallest absolute Gasteiger partial charge is 0.259 e. The average molecular weight is 414 g/mol. The summed E-state index contributed by atoms with van der Waals surface area (Å²) in [5.41, 5.74) is 2.82. The lowest BCUT2D eigenvalue weighted by Gasteiger charge is -2.13. The van der Waals surface area contributed by atoms with E-state index in [2.05, 4.69) is 25.7 Å². The second-order valence-electron chi connectivity index (χ2n) is 7.10. The molecule has 0 radical (unpaired) electrons. The lowest BCUT2D eigenvalue weighted by molar-refractivity contribution is 0.0948. The van der Waals surface area contributed by atoms with Crippen LogP contribution in [0, 0.1) is 12.8 Å². The van der Waals surface area contributed by atoms with E-state index in [1.165, 1.54) is 0 Å². The van der Waals surface area contributed by atoms with Crippen molar-refractivity contribution in [3.05, 3.63) is 47.1 Å². The lowest BCUT2D eigenvalue weighted by atomic mass is 10.1. The van der Waals surface area contributed by atoms with Crippen molar-refractivity contribution in [2.24, 2.45) is 13.0 Å². The van der Waals surface area contributed by atoms with Gasteiger partial charge in [-0.1, -0.05) is 23.7 Å². The van der Waals surface area contributed by atoms with Crippen LogP contribution in [0.2, 0.25) is 5.02 Å². The number of nitrogens with one attached hydrogen (secondary N) is 1. The summed E-state index contributed by atoms with van der Waals surface area (Å²) in [6.07, 6.45) is 6.87. The number of aryl methyl sites for hydroxylation is 2. The van der Waals surface area contributed by atoms with Crippen LogP contribution in [-0.2, 0) is 13.6 Å². The van der Waals surface area contributed by atoms with Crippen molar-refractivity contribution in [2.75, 3.05) is 6.54 Å². The Hall–Kier alpha value is -3.20. The Kier molecular flexibility index (Phi) is 5.06. The van der Waals surface area contributed by atoms with E-state index in [-0.39, 0.29) is 11.8 Å². The Bertz CT molecular complexity index is 1180. The number of rotatable bonds is 6. The second kappa shape index (κ2) is 7.67. The molecular formula is C19H20ClN7O2. The van der Waals surface area contributed by atoms with Crippen molar-refractivity contribution in [1.29, 1.82) is 0 Å². The van der Waals surface area contributed by atoms with Gasteiger partial charge in [0.2, 0.25) is 0 Å². The summed E-state index contributed by atoms with van der Waals surface area (Å²) < 4.78 is 8.76. The van der Waals surface area contributed by atoms with Crippen LogP contribution < -0.4 is 5.32 Å². The number of hydrogen-bond acceptors (Lipinski definition) is 6. The molecular weight excluding hydrogens is 394 g/mol. The first kappa shape index (κ1) is 19.1. The Labute approximate surface area is 171 Å². The van der Waals surface area contributed by atoms with Crippen molar-refractivity contribution in [3.8, 4) is 11.3 Å². The molecule has 0 aromatic carbocycles. The third-order valence-electron chi connectivity index (χ3n) is 4.57. The van der Waals surface area contributed by atoms with Crippen LogP contribution >= 0.6 is 11.6 Å². The molecule has 4 heterocycles. The molecule has 0 unspecified atom stereocenters. The van der Waals surface area contributed by atoms with Crippen LogP contribution in [0.4, 0.5) is 0 Å². The van der Waals surface area contributed by atoms with Gasteiger partial charge in [-0.2, -0.15) is 10.2 Å². The number of halogens is 1. The van der Waals surface area contributed by atoms with E-state index in [9.17, 15) is 4.79 Å². The van der Waals surface area contributed by atoms with Crippen molar-refractivity contribution >= 4 is 28.6 Å². The molecule has 0 fully saturated rings. The van der Waals surface area contributed by atoms with E-state index in [0.717, 1.165) is 5.56 Å². The quantitative estimate of drug-likeness (QED) is 0.521. The number of carbonyl (C=O) groups excluding carboxylic acids is 1. The van der Waals surface area contributed by atoms with E-state index >= 15 is 0 Å². The monoisotopic (exact) mass is 413 g/mol. The lowest BCUT2D eigenvalue weighted by Crippen LogP contribution is -2.30. The Morgan fingerprint density at radius 1 is 1.31 bits per heavy atom. The molecule has 4 rings (SSSR count). The predicted octanol–water partition coefficient (Wildman–Crippen LogP) is 2.85. The molecule has 0 aliphatic heterocycles. The minimum atomic E-state index is -0.209. The zero-order valence-electron chi connectivity index (χ0n) is 16.3. The fourth-order valence-corrected chi connectivity index (χ4v) is 3.32. The molecule has 1 N–H and O–H groups in total. The minimum absolute atomic E-state index is 0.161. The summed E-state index contributed by atoms with van der Waals surface area (Å²) in [6.45, 7) is 4.94. The topological polar surface area (TPSA) is 104 Å². The highest BCUT2D eigenvalue weighted by molar-refractivity contribution is 6.30. The molecule has 4 aromatic rings. The van der Waals surface area contributed by atoms with Gasteiger partial charge in [0.05, 0.1) is 39.8 Å². The molecule has 1 amide bonds. The minimum Gasteiger partial charge on any atom is -0.352 e. The van der Waals surface area contributed by atoms with Gasteiger partial charge in [-0.05, 0) is 18.9 Å². The van der Waals surface area contributed by atoms with Gasteiger partial charge in [0.25, 0.3) is 11.6 Å². The average Bonchev–Trinajstić information content (AvgIpc) is 3.40. The van der Waals surface area contributed by atoms with Crippen molar-refractivity contribution in [3.63, 3.8) is 0 Å². The number of hydrogen-bond donors (Lipinski definition) is 1. The molecule has 0 aliphatic carbocycles.